The molecule has 1 aromatic heterocycles. The highest BCUT2D eigenvalue weighted by Crippen LogP contribution is 2.25. The molecule has 0 unspecified atom stereocenters. The quantitative estimate of drug-likeness (QED) is 0.842. The molecule has 0 bridgehead atoms. The summed E-state index contributed by atoms with van der Waals surface area (Å²) in [5.74, 6) is 0.0788. The number of rotatable bonds is 6. The summed E-state index contributed by atoms with van der Waals surface area (Å²) >= 11 is 0. The van der Waals surface area contributed by atoms with E-state index in [9.17, 15) is 9.59 Å². The summed E-state index contributed by atoms with van der Waals surface area (Å²) in [6.45, 7) is 1.61. The van der Waals surface area contributed by atoms with E-state index in [-0.39, 0.29) is 24.6 Å². The number of ether oxygens (including phenoxy) is 1. The molecule has 2 N–H and O–H groups in total. The zero-order valence-electron chi connectivity index (χ0n) is 14.1. The average molecular weight is 343 g/mol. The van der Waals surface area contributed by atoms with Crippen LogP contribution >= 0.6 is 0 Å². The summed E-state index contributed by atoms with van der Waals surface area (Å²) in [5, 5.41) is 11.6. The number of hydrogen-bond donors (Lipinski definition) is 2. The van der Waals surface area contributed by atoms with Crippen molar-refractivity contribution in [3.05, 3.63) is 52.5 Å². The van der Waals surface area contributed by atoms with Crippen LogP contribution in [0.15, 0.2) is 28.7 Å². The maximum Gasteiger partial charge on any atom is 0.339 e. The molecule has 1 heterocycles. The fourth-order valence-corrected chi connectivity index (χ4v) is 3.03. The van der Waals surface area contributed by atoms with Crippen molar-refractivity contribution in [2.75, 3.05) is 6.61 Å². The fraction of sp³-hybridized carbons (Fsp3) is 0.368. The minimum atomic E-state index is -1.05. The van der Waals surface area contributed by atoms with E-state index in [1.54, 1.807) is 6.92 Å². The molecule has 0 aliphatic heterocycles. The Kier molecular flexibility index (Phi) is 5.07. The van der Waals surface area contributed by atoms with Crippen LogP contribution in [-0.2, 0) is 24.2 Å². The van der Waals surface area contributed by atoms with Crippen LogP contribution < -0.4 is 10.1 Å². The maximum atomic E-state index is 11.9. The van der Waals surface area contributed by atoms with Gasteiger partial charge in [0.1, 0.15) is 22.8 Å². The molecule has 2 aromatic rings. The van der Waals surface area contributed by atoms with Crippen molar-refractivity contribution < 1.29 is 23.8 Å². The Balaban J connectivity index is 1.50. The van der Waals surface area contributed by atoms with Crippen LogP contribution in [0.5, 0.6) is 5.75 Å². The number of carbonyl (C=O) groups excluding carboxylic acids is 1. The molecule has 6 nitrogen and oxygen atoms in total. The van der Waals surface area contributed by atoms with Gasteiger partial charge in [0.25, 0.3) is 5.91 Å². The van der Waals surface area contributed by atoms with E-state index in [2.05, 4.69) is 11.4 Å². The molecule has 0 saturated heterocycles. The molecule has 0 atom stereocenters. The van der Waals surface area contributed by atoms with Crippen molar-refractivity contribution >= 4 is 11.9 Å². The van der Waals surface area contributed by atoms with Crippen LogP contribution in [0, 0.1) is 6.92 Å². The average Bonchev–Trinajstić information content (AvgIpc) is 2.99. The molecule has 6 heteroatoms. The molecular weight excluding hydrogens is 322 g/mol. The van der Waals surface area contributed by atoms with Crippen molar-refractivity contribution in [2.24, 2.45) is 0 Å². The Hall–Kier alpha value is -2.76. The molecule has 3 rings (SSSR count). The standard InChI is InChI=1S/C19H21NO5/c1-12-17(19(22)23)9-16(25-12)10-20-18(21)11-24-15-7-6-13-4-2-3-5-14(13)8-15/h6-9H,2-5,10-11H2,1H3,(H,20,21)(H,22,23). The monoisotopic (exact) mass is 343 g/mol. The van der Waals surface area contributed by atoms with Crippen LogP contribution in [0.2, 0.25) is 0 Å². The van der Waals surface area contributed by atoms with Gasteiger partial charge in [0, 0.05) is 0 Å². The second kappa shape index (κ2) is 7.42. The van der Waals surface area contributed by atoms with Gasteiger partial charge in [-0.15, -0.1) is 0 Å². The van der Waals surface area contributed by atoms with Crippen LogP contribution in [-0.4, -0.2) is 23.6 Å². The summed E-state index contributed by atoms with van der Waals surface area (Å²) < 4.78 is 10.9. The topological polar surface area (TPSA) is 88.8 Å². The highest BCUT2D eigenvalue weighted by Gasteiger charge is 2.14. The summed E-state index contributed by atoms with van der Waals surface area (Å²) in [6, 6.07) is 7.40. The maximum absolute atomic E-state index is 11.9. The highest BCUT2D eigenvalue weighted by molar-refractivity contribution is 5.88. The molecule has 1 aromatic carbocycles. The van der Waals surface area contributed by atoms with E-state index in [0.29, 0.717) is 17.3 Å². The second-order valence-electron chi connectivity index (χ2n) is 6.19. The third kappa shape index (κ3) is 4.21. The Morgan fingerprint density at radius 2 is 1.96 bits per heavy atom. The van der Waals surface area contributed by atoms with Crippen molar-refractivity contribution in [1.29, 1.82) is 0 Å². The van der Waals surface area contributed by atoms with Gasteiger partial charge in [-0.05, 0) is 61.9 Å². The Morgan fingerprint density at radius 1 is 1.20 bits per heavy atom. The molecule has 0 fully saturated rings. The highest BCUT2D eigenvalue weighted by atomic mass is 16.5. The minimum absolute atomic E-state index is 0.0930. The summed E-state index contributed by atoms with van der Waals surface area (Å²) in [7, 11) is 0. The normalized spacial score (nSPS) is 13.2. The third-order valence-corrected chi connectivity index (χ3v) is 4.35. The summed E-state index contributed by atoms with van der Waals surface area (Å²) in [6.07, 6.45) is 4.59. The first kappa shape index (κ1) is 17.1. The van der Waals surface area contributed by atoms with E-state index >= 15 is 0 Å². The van der Waals surface area contributed by atoms with Crippen LogP contribution in [0.4, 0.5) is 0 Å². The third-order valence-electron chi connectivity index (χ3n) is 4.35. The predicted molar refractivity (Wildman–Crippen MR) is 90.8 cm³/mol. The largest absolute Gasteiger partial charge is 0.484 e. The number of carbonyl (C=O) groups is 2. The molecule has 1 aliphatic carbocycles. The second-order valence-corrected chi connectivity index (χ2v) is 6.19. The van der Waals surface area contributed by atoms with Crippen LogP contribution in [0.25, 0.3) is 0 Å². The number of amides is 1. The smallest absolute Gasteiger partial charge is 0.339 e. The lowest BCUT2D eigenvalue weighted by atomic mass is 9.92. The number of carboxylic acids is 1. The Morgan fingerprint density at radius 3 is 2.68 bits per heavy atom. The van der Waals surface area contributed by atoms with Gasteiger partial charge in [0.15, 0.2) is 6.61 Å². The first-order valence-corrected chi connectivity index (χ1v) is 8.37. The van der Waals surface area contributed by atoms with E-state index in [1.165, 1.54) is 30.0 Å². The summed E-state index contributed by atoms with van der Waals surface area (Å²) in [5.41, 5.74) is 2.77. The molecule has 1 amide bonds. The van der Waals surface area contributed by atoms with Gasteiger partial charge in [-0.2, -0.15) is 0 Å². The van der Waals surface area contributed by atoms with Gasteiger partial charge in [-0.25, -0.2) is 4.79 Å². The molecular formula is C19H21NO5. The minimum Gasteiger partial charge on any atom is -0.484 e. The lowest BCUT2D eigenvalue weighted by molar-refractivity contribution is -0.123. The first-order chi connectivity index (χ1) is 12.0. The number of aryl methyl sites for hydroxylation is 3. The van der Waals surface area contributed by atoms with E-state index in [4.69, 9.17) is 14.3 Å². The van der Waals surface area contributed by atoms with E-state index in [1.807, 2.05) is 12.1 Å². The zero-order chi connectivity index (χ0) is 17.8. The lowest BCUT2D eigenvalue weighted by Gasteiger charge is -2.16. The molecule has 132 valence electrons. The number of aromatic carboxylic acids is 1. The van der Waals surface area contributed by atoms with Gasteiger partial charge in [-0.3, -0.25) is 4.79 Å². The lowest BCUT2D eigenvalue weighted by Crippen LogP contribution is -2.28. The number of fused-ring (bicyclic) bond motifs is 1. The van der Waals surface area contributed by atoms with Crippen molar-refractivity contribution in [2.45, 2.75) is 39.2 Å². The van der Waals surface area contributed by atoms with Crippen molar-refractivity contribution in [1.82, 2.24) is 5.32 Å². The number of nitrogens with one attached hydrogen (secondary N) is 1. The first-order valence-electron chi connectivity index (χ1n) is 8.37. The Labute approximate surface area is 145 Å². The van der Waals surface area contributed by atoms with Gasteiger partial charge in [-0.1, -0.05) is 6.07 Å². The predicted octanol–water partition coefficient (Wildman–Crippen LogP) is 2.86. The summed E-state index contributed by atoms with van der Waals surface area (Å²) in [4.78, 5) is 22.9. The van der Waals surface area contributed by atoms with Gasteiger partial charge >= 0.3 is 5.97 Å². The molecule has 25 heavy (non-hydrogen) atoms. The van der Waals surface area contributed by atoms with Crippen molar-refractivity contribution in [3.8, 4) is 5.75 Å². The van der Waals surface area contributed by atoms with Gasteiger partial charge in [0.05, 0.1) is 6.54 Å². The molecule has 0 radical (unpaired) electrons. The number of carboxylic acid groups (broad SMARTS) is 1. The number of furan rings is 1. The van der Waals surface area contributed by atoms with E-state index in [0.717, 1.165) is 12.8 Å². The number of hydrogen-bond acceptors (Lipinski definition) is 4. The fourth-order valence-electron chi connectivity index (χ4n) is 3.03. The van der Waals surface area contributed by atoms with E-state index < -0.39 is 5.97 Å². The molecule has 0 spiro atoms. The van der Waals surface area contributed by atoms with Gasteiger partial charge < -0.3 is 19.6 Å². The van der Waals surface area contributed by atoms with Crippen LogP contribution in [0.1, 0.15) is 45.8 Å². The Bertz CT molecular complexity index is 793. The molecule has 1 aliphatic rings. The zero-order valence-corrected chi connectivity index (χ0v) is 14.1. The number of benzene rings is 1. The SMILES string of the molecule is Cc1oc(CNC(=O)COc2ccc3c(c2)CCCC3)cc1C(=O)O. The van der Waals surface area contributed by atoms with Gasteiger partial charge in [0.2, 0.25) is 0 Å². The molecule has 0 saturated carbocycles. The van der Waals surface area contributed by atoms with Crippen LogP contribution in [0.3, 0.4) is 0 Å². The van der Waals surface area contributed by atoms with Crippen molar-refractivity contribution in [3.63, 3.8) is 0 Å².